The number of hydrogen-bond donors (Lipinski definition) is 0. The van der Waals surface area contributed by atoms with Crippen molar-refractivity contribution in [3.05, 3.63) is 35.9 Å². The Bertz CT molecular complexity index is 420. The van der Waals surface area contributed by atoms with E-state index in [1.165, 1.54) is 13.8 Å². The Labute approximate surface area is 101 Å². The van der Waals surface area contributed by atoms with Crippen molar-refractivity contribution in [2.45, 2.75) is 32.6 Å². The molecule has 0 amide bonds. The lowest BCUT2D eigenvalue weighted by Crippen LogP contribution is -2.15. The highest BCUT2D eigenvalue weighted by Gasteiger charge is 2.20. The lowest BCUT2D eigenvalue weighted by Gasteiger charge is -2.12. The number of rotatable bonds is 6. The highest BCUT2D eigenvalue weighted by atomic mass is 16.1. The van der Waals surface area contributed by atoms with Gasteiger partial charge in [0.15, 0.2) is 0 Å². The summed E-state index contributed by atoms with van der Waals surface area (Å²) in [5.74, 6) is -0.817. The minimum absolute atomic E-state index is 0.0481. The van der Waals surface area contributed by atoms with E-state index in [0.29, 0.717) is 0 Å². The zero-order valence-electron chi connectivity index (χ0n) is 10.1. The van der Waals surface area contributed by atoms with E-state index >= 15 is 0 Å². The van der Waals surface area contributed by atoms with Crippen LogP contribution in [0.4, 0.5) is 0 Å². The van der Waals surface area contributed by atoms with Crippen LogP contribution >= 0.6 is 0 Å². The number of hydrogen-bond acceptors (Lipinski definition) is 3. The van der Waals surface area contributed by atoms with E-state index in [9.17, 15) is 14.4 Å². The molecule has 0 spiro atoms. The van der Waals surface area contributed by atoms with Gasteiger partial charge in [0.25, 0.3) is 0 Å². The molecule has 1 atom stereocenters. The van der Waals surface area contributed by atoms with Crippen molar-refractivity contribution in [2.24, 2.45) is 0 Å². The summed E-state index contributed by atoms with van der Waals surface area (Å²) >= 11 is 0. The molecule has 3 nitrogen and oxygen atoms in total. The van der Waals surface area contributed by atoms with Gasteiger partial charge in [0.2, 0.25) is 0 Å². The molecule has 0 aromatic heterocycles. The van der Waals surface area contributed by atoms with E-state index in [1.807, 2.05) is 30.3 Å². The van der Waals surface area contributed by atoms with Gasteiger partial charge in [-0.05, 0) is 19.4 Å². The van der Waals surface area contributed by atoms with Crippen LogP contribution in [0.1, 0.15) is 38.2 Å². The first-order valence-electron chi connectivity index (χ1n) is 5.57. The molecular formula is C14H16O3. The molecule has 0 N–H and O–H groups in total. The highest BCUT2D eigenvalue weighted by Crippen LogP contribution is 2.21. The smallest absolute Gasteiger partial charge is 0.141 e. The highest BCUT2D eigenvalue weighted by molar-refractivity contribution is 6.00. The molecule has 90 valence electrons. The number of carbonyl (C=O) groups excluding carboxylic acids is 3. The van der Waals surface area contributed by atoms with Crippen LogP contribution in [0.25, 0.3) is 0 Å². The van der Waals surface area contributed by atoms with Gasteiger partial charge >= 0.3 is 0 Å². The largest absolute Gasteiger partial charge is 0.300 e. The Morgan fingerprint density at radius 1 is 1.06 bits per heavy atom. The van der Waals surface area contributed by atoms with Crippen molar-refractivity contribution >= 4 is 17.3 Å². The Morgan fingerprint density at radius 3 is 2.12 bits per heavy atom. The predicted octanol–water partition coefficient (Wildman–Crippen LogP) is 2.30. The molecule has 0 saturated carbocycles. The van der Waals surface area contributed by atoms with E-state index in [2.05, 4.69) is 0 Å². The van der Waals surface area contributed by atoms with Crippen molar-refractivity contribution in [1.29, 1.82) is 0 Å². The summed E-state index contributed by atoms with van der Waals surface area (Å²) in [5, 5.41) is 0. The van der Waals surface area contributed by atoms with Crippen LogP contribution in [0.3, 0.4) is 0 Å². The van der Waals surface area contributed by atoms with Crippen molar-refractivity contribution in [3.63, 3.8) is 0 Å². The van der Waals surface area contributed by atoms with Crippen molar-refractivity contribution in [1.82, 2.24) is 0 Å². The summed E-state index contributed by atoms with van der Waals surface area (Å²) in [6.07, 6.45) is 0.0234. The van der Waals surface area contributed by atoms with Gasteiger partial charge in [0, 0.05) is 12.3 Å². The first-order chi connectivity index (χ1) is 8.00. The van der Waals surface area contributed by atoms with Gasteiger partial charge in [0.05, 0.1) is 6.42 Å². The van der Waals surface area contributed by atoms with E-state index in [-0.39, 0.29) is 30.2 Å². The Morgan fingerprint density at radius 2 is 1.65 bits per heavy atom. The molecule has 0 radical (unpaired) electrons. The molecule has 0 heterocycles. The minimum Gasteiger partial charge on any atom is -0.300 e. The van der Waals surface area contributed by atoms with Crippen molar-refractivity contribution < 1.29 is 14.4 Å². The third-order valence-electron chi connectivity index (χ3n) is 2.57. The lowest BCUT2D eigenvalue weighted by atomic mass is 9.89. The molecule has 0 aliphatic rings. The summed E-state index contributed by atoms with van der Waals surface area (Å²) in [7, 11) is 0. The summed E-state index contributed by atoms with van der Waals surface area (Å²) in [5.41, 5.74) is 0.830. The van der Waals surface area contributed by atoms with Crippen LogP contribution in [0, 0.1) is 0 Å². The molecule has 0 aliphatic heterocycles. The number of carbonyl (C=O) groups is 3. The molecule has 1 aromatic carbocycles. The van der Waals surface area contributed by atoms with Gasteiger partial charge in [0.1, 0.15) is 17.3 Å². The van der Waals surface area contributed by atoms with Crippen LogP contribution in [-0.2, 0) is 14.4 Å². The van der Waals surface area contributed by atoms with Gasteiger partial charge in [-0.15, -0.1) is 0 Å². The lowest BCUT2D eigenvalue weighted by molar-refractivity contribution is -0.128. The quantitative estimate of drug-likeness (QED) is 0.707. The van der Waals surface area contributed by atoms with Crippen LogP contribution < -0.4 is 0 Å². The van der Waals surface area contributed by atoms with Crippen molar-refractivity contribution in [2.75, 3.05) is 0 Å². The average Bonchev–Trinajstić information content (AvgIpc) is 2.25. The fraction of sp³-hybridized carbons (Fsp3) is 0.357. The van der Waals surface area contributed by atoms with Gasteiger partial charge in [-0.3, -0.25) is 14.4 Å². The molecule has 1 rings (SSSR count). The third-order valence-corrected chi connectivity index (χ3v) is 2.57. The van der Waals surface area contributed by atoms with Gasteiger partial charge in [-0.2, -0.15) is 0 Å². The van der Waals surface area contributed by atoms with Crippen LogP contribution in [-0.4, -0.2) is 17.3 Å². The van der Waals surface area contributed by atoms with Crippen molar-refractivity contribution in [3.8, 4) is 0 Å². The Kier molecular flexibility index (Phi) is 4.76. The van der Waals surface area contributed by atoms with Gasteiger partial charge < -0.3 is 0 Å². The first-order valence-corrected chi connectivity index (χ1v) is 5.57. The third kappa shape index (κ3) is 4.31. The van der Waals surface area contributed by atoms with Gasteiger partial charge in [-0.1, -0.05) is 30.3 Å². The standard InChI is InChI=1S/C14H16O3/c1-10(15)8-13(17)9-14(11(2)16)12-6-4-3-5-7-12/h3-7,14H,8-9H2,1-2H3. The molecule has 0 saturated heterocycles. The Balaban J connectivity index is 2.78. The van der Waals surface area contributed by atoms with E-state index < -0.39 is 5.92 Å². The summed E-state index contributed by atoms with van der Waals surface area (Å²) < 4.78 is 0. The molecule has 1 aromatic rings. The number of Topliss-reactive ketones (excluding diaryl/α,β-unsaturated/α-hetero) is 3. The number of benzene rings is 1. The molecule has 1 unspecified atom stereocenters. The second-order valence-corrected chi connectivity index (χ2v) is 4.20. The fourth-order valence-corrected chi connectivity index (χ4v) is 1.76. The van der Waals surface area contributed by atoms with Crippen LogP contribution in [0.5, 0.6) is 0 Å². The zero-order chi connectivity index (χ0) is 12.8. The maximum absolute atomic E-state index is 11.6. The first kappa shape index (κ1) is 13.3. The van der Waals surface area contributed by atoms with Gasteiger partial charge in [-0.25, -0.2) is 0 Å². The molecule has 0 bridgehead atoms. The second-order valence-electron chi connectivity index (χ2n) is 4.20. The summed E-state index contributed by atoms with van der Waals surface area (Å²) in [4.78, 5) is 33.9. The molecule has 0 aliphatic carbocycles. The molecular weight excluding hydrogens is 216 g/mol. The van der Waals surface area contributed by atoms with E-state index in [0.717, 1.165) is 5.56 Å². The minimum atomic E-state index is -0.428. The van der Waals surface area contributed by atoms with Crippen LogP contribution in [0.2, 0.25) is 0 Å². The maximum atomic E-state index is 11.6. The Hall–Kier alpha value is -1.77. The van der Waals surface area contributed by atoms with Crippen LogP contribution in [0.15, 0.2) is 30.3 Å². The monoisotopic (exact) mass is 232 g/mol. The zero-order valence-corrected chi connectivity index (χ0v) is 10.1. The molecule has 3 heteroatoms. The second kappa shape index (κ2) is 6.09. The maximum Gasteiger partial charge on any atom is 0.141 e. The molecule has 17 heavy (non-hydrogen) atoms. The molecule has 0 fully saturated rings. The normalized spacial score (nSPS) is 11.9. The van der Waals surface area contributed by atoms with E-state index in [1.54, 1.807) is 0 Å². The SMILES string of the molecule is CC(=O)CC(=O)CC(C(C)=O)c1ccccc1. The fourth-order valence-electron chi connectivity index (χ4n) is 1.76. The summed E-state index contributed by atoms with van der Waals surface area (Å²) in [6, 6.07) is 9.18. The van der Waals surface area contributed by atoms with E-state index in [4.69, 9.17) is 0 Å². The topological polar surface area (TPSA) is 51.2 Å². The summed E-state index contributed by atoms with van der Waals surface area (Å²) in [6.45, 7) is 2.85. The average molecular weight is 232 g/mol. The predicted molar refractivity (Wildman–Crippen MR) is 64.8 cm³/mol. The number of ketones is 3.